The van der Waals surface area contributed by atoms with Crippen LogP contribution in [0.3, 0.4) is 0 Å². The largest absolute Gasteiger partial charge is 0.398 e. The lowest BCUT2D eigenvalue weighted by molar-refractivity contribution is 1.35. The van der Waals surface area contributed by atoms with Crippen molar-refractivity contribution in [2.45, 2.75) is 0 Å². The van der Waals surface area contributed by atoms with E-state index in [0.29, 0.717) is 5.69 Å². The van der Waals surface area contributed by atoms with E-state index < -0.39 is 0 Å². The molecule has 0 heterocycles. The van der Waals surface area contributed by atoms with Crippen molar-refractivity contribution in [3.8, 4) is 44.5 Å². The van der Waals surface area contributed by atoms with Gasteiger partial charge in [0.15, 0.2) is 0 Å². The van der Waals surface area contributed by atoms with Crippen LogP contribution in [0, 0.1) is 0 Å². The van der Waals surface area contributed by atoms with Gasteiger partial charge in [-0.2, -0.15) is 0 Å². The van der Waals surface area contributed by atoms with Gasteiger partial charge in [-0.1, -0.05) is 121 Å². The number of rotatable bonds is 5. The zero-order valence-electron chi connectivity index (χ0n) is 18.2. The molecule has 0 bridgehead atoms. The lowest BCUT2D eigenvalue weighted by atomic mass is 9.81. The maximum Gasteiger partial charge on any atom is 0.0669 e. The number of nitrogen functional groups attached to an aromatic ring is 2. The molecule has 5 rings (SSSR count). The maximum absolute atomic E-state index is 7.01. The topological polar surface area (TPSA) is 64.1 Å². The van der Waals surface area contributed by atoms with Gasteiger partial charge in [-0.15, -0.1) is 0 Å². The zero-order valence-corrected chi connectivity index (χ0v) is 18.2. The van der Waals surface area contributed by atoms with Gasteiger partial charge in [-0.05, 0) is 22.3 Å². The molecule has 0 amide bonds. The van der Waals surface area contributed by atoms with Crippen LogP contribution in [-0.4, -0.2) is 0 Å². The van der Waals surface area contributed by atoms with Crippen LogP contribution in [-0.2, 0) is 0 Å². The molecule has 0 aromatic heterocycles. The van der Waals surface area contributed by atoms with Crippen molar-refractivity contribution in [3.63, 3.8) is 0 Å². The Bertz CT molecular complexity index is 1360. The predicted octanol–water partition coefficient (Wildman–Crippen LogP) is 7.22. The molecule has 5 aromatic rings. The molecule has 0 aliphatic rings. The summed E-state index contributed by atoms with van der Waals surface area (Å²) in [4.78, 5) is 0. The van der Waals surface area contributed by atoms with Crippen molar-refractivity contribution >= 4 is 11.4 Å². The summed E-state index contributed by atoms with van der Waals surface area (Å²) < 4.78 is 0. The van der Waals surface area contributed by atoms with E-state index in [9.17, 15) is 0 Å². The molecule has 0 unspecified atom stereocenters. The Morgan fingerprint density at radius 2 is 0.727 bits per heavy atom. The van der Waals surface area contributed by atoms with Crippen molar-refractivity contribution in [2.24, 2.45) is 5.84 Å². The average molecular weight is 428 g/mol. The first kappa shape index (κ1) is 20.6. The SMILES string of the molecule is NNc1c(-c2ccccc2)c(N)c(-c2ccccc2)c(-c2ccccc2)c1-c1ccccc1. The van der Waals surface area contributed by atoms with E-state index in [1.807, 2.05) is 60.7 Å². The van der Waals surface area contributed by atoms with Gasteiger partial charge in [0.1, 0.15) is 0 Å². The number of hydrogen-bond acceptors (Lipinski definition) is 3. The van der Waals surface area contributed by atoms with Crippen molar-refractivity contribution in [1.29, 1.82) is 0 Å². The minimum atomic E-state index is 0.693. The highest BCUT2D eigenvalue weighted by Crippen LogP contribution is 2.52. The second kappa shape index (κ2) is 9.03. The molecule has 0 aliphatic carbocycles. The van der Waals surface area contributed by atoms with E-state index in [1.54, 1.807) is 0 Å². The summed E-state index contributed by atoms with van der Waals surface area (Å²) in [6.45, 7) is 0. The molecule has 0 radical (unpaired) electrons. The summed E-state index contributed by atoms with van der Waals surface area (Å²) in [5, 5.41) is 0. The van der Waals surface area contributed by atoms with Crippen LogP contribution in [0.25, 0.3) is 44.5 Å². The van der Waals surface area contributed by atoms with Crippen molar-refractivity contribution in [2.75, 3.05) is 11.2 Å². The molecule has 0 fully saturated rings. The lowest BCUT2D eigenvalue weighted by Gasteiger charge is -2.26. The summed E-state index contributed by atoms with van der Waals surface area (Å²) in [5.41, 5.74) is 19.7. The smallest absolute Gasteiger partial charge is 0.0669 e. The molecule has 0 spiro atoms. The van der Waals surface area contributed by atoms with Gasteiger partial charge in [0, 0.05) is 22.3 Å². The number of nitrogens with two attached hydrogens (primary N) is 2. The van der Waals surface area contributed by atoms with Crippen LogP contribution in [0.5, 0.6) is 0 Å². The molecular weight excluding hydrogens is 402 g/mol. The molecule has 5 aromatic carbocycles. The van der Waals surface area contributed by atoms with Gasteiger partial charge in [0.05, 0.1) is 11.4 Å². The highest BCUT2D eigenvalue weighted by molar-refractivity contribution is 6.12. The Morgan fingerprint density at radius 3 is 1.12 bits per heavy atom. The molecule has 3 heteroatoms. The molecule has 5 N–H and O–H groups in total. The number of benzene rings is 5. The van der Waals surface area contributed by atoms with E-state index in [0.717, 1.165) is 50.2 Å². The van der Waals surface area contributed by atoms with E-state index in [2.05, 4.69) is 66.1 Å². The second-order valence-electron chi connectivity index (χ2n) is 7.90. The summed E-state index contributed by atoms with van der Waals surface area (Å²) in [7, 11) is 0. The number of hydrazine groups is 1. The van der Waals surface area contributed by atoms with Crippen molar-refractivity contribution in [3.05, 3.63) is 121 Å². The van der Waals surface area contributed by atoms with Crippen molar-refractivity contribution < 1.29 is 0 Å². The van der Waals surface area contributed by atoms with Crippen LogP contribution in [0.4, 0.5) is 11.4 Å². The van der Waals surface area contributed by atoms with Crippen LogP contribution < -0.4 is 17.0 Å². The van der Waals surface area contributed by atoms with E-state index in [1.165, 1.54) is 0 Å². The lowest BCUT2D eigenvalue weighted by Crippen LogP contribution is -2.13. The third-order valence-corrected chi connectivity index (χ3v) is 5.93. The maximum atomic E-state index is 7.01. The predicted molar refractivity (Wildman–Crippen MR) is 140 cm³/mol. The van der Waals surface area contributed by atoms with Crippen LogP contribution in [0.2, 0.25) is 0 Å². The fourth-order valence-corrected chi connectivity index (χ4v) is 4.51. The van der Waals surface area contributed by atoms with Gasteiger partial charge in [-0.25, -0.2) is 0 Å². The van der Waals surface area contributed by atoms with E-state index >= 15 is 0 Å². The summed E-state index contributed by atoms with van der Waals surface area (Å²) in [6.07, 6.45) is 0. The van der Waals surface area contributed by atoms with Gasteiger partial charge in [0.2, 0.25) is 0 Å². The van der Waals surface area contributed by atoms with Crippen molar-refractivity contribution in [1.82, 2.24) is 0 Å². The minimum Gasteiger partial charge on any atom is -0.398 e. The second-order valence-corrected chi connectivity index (χ2v) is 7.90. The Hall–Kier alpha value is -4.34. The summed E-state index contributed by atoms with van der Waals surface area (Å²) in [5.74, 6) is 6.23. The summed E-state index contributed by atoms with van der Waals surface area (Å²) >= 11 is 0. The number of anilines is 2. The van der Waals surface area contributed by atoms with E-state index in [4.69, 9.17) is 11.6 Å². The number of hydrogen-bond donors (Lipinski definition) is 3. The Kier molecular flexibility index (Phi) is 5.62. The molecule has 160 valence electrons. The molecule has 33 heavy (non-hydrogen) atoms. The molecule has 0 saturated heterocycles. The quantitative estimate of drug-likeness (QED) is 0.158. The third-order valence-electron chi connectivity index (χ3n) is 5.93. The molecular formula is C30H25N3. The van der Waals surface area contributed by atoms with Crippen LogP contribution in [0.1, 0.15) is 0 Å². The van der Waals surface area contributed by atoms with Crippen LogP contribution in [0.15, 0.2) is 121 Å². The first-order valence-electron chi connectivity index (χ1n) is 11.0. The van der Waals surface area contributed by atoms with Gasteiger partial charge in [0.25, 0.3) is 0 Å². The average Bonchev–Trinajstić information content (AvgIpc) is 2.90. The van der Waals surface area contributed by atoms with Gasteiger partial charge >= 0.3 is 0 Å². The normalized spacial score (nSPS) is 10.7. The highest BCUT2D eigenvalue weighted by Gasteiger charge is 2.25. The molecule has 0 atom stereocenters. The Balaban J connectivity index is 2.01. The molecule has 0 saturated carbocycles. The molecule has 3 nitrogen and oxygen atoms in total. The Labute approximate surface area is 194 Å². The third kappa shape index (κ3) is 3.75. The summed E-state index contributed by atoms with van der Waals surface area (Å²) in [6, 6.07) is 41.2. The fraction of sp³-hybridized carbons (Fsp3) is 0. The Morgan fingerprint density at radius 1 is 0.394 bits per heavy atom. The first-order valence-corrected chi connectivity index (χ1v) is 11.0. The minimum absolute atomic E-state index is 0.693. The fourth-order valence-electron chi connectivity index (χ4n) is 4.51. The van der Waals surface area contributed by atoms with Gasteiger partial charge < -0.3 is 11.2 Å². The van der Waals surface area contributed by atoms with Gasteiger partial charge in [-0.3, -0.25) is 5.84 Å². The first-order chi connectivity index (χ1) is 16.3. The van der Waals surface area contributed by atoms with E-state index in [-0.39, 0.29) is 0 Å². The zero-order chi connectivity index (χ0) is 22.6. The number of nitrogens with one attached hydrogen (secondary N) is 1. The highest BCUT2D eigenvalue weighted by atomic mass is 15.2. The standard InChI is InChI=1S/C30H25N3/c31-29-26(22-15-7-2-8-16-22)25(21-13-5-1-6-14-21)27(23-17-9-3-10-18-23)30(33-32)28(29)24-19-11-4-12-20-24/h1-20,33H,31-32H2. The monoisotopic (exact) mass is 427 g/mol. The van der Waals surface area contributed by atoms with Crippen LogP contribution >= 0.6 is 0 Å². The molecule has 0 aliphatic heterocycles.